The molecule has 1 atom stereocenters. The number of hydrogen-bond donors (Lipinski definition) is 0. The fourth-order valence-electron chi connectivity index (χ4n) is 3.31. The SMILES string of the molecule is Cc1cc(C#CC2CC2)ccc1-c1nn(CC2CCCCO2)nc1C. The molecule has 4 heteroatoms. The fourth-order valence-corrected chi connectivity index (χ4v) is 3.31. The smallest absolute Gasteiger partial charge is 0.116 e. The first-order chi connectivity index (χ1) is 12.2. The Morgan fingerprint density at radius 3 is 2.76 bits per heavy atom. The van der Waals surface area contributed by atoms with Gasteiger partial charge in [0.2, 0.25) is 0 Å². The molecule has 4 rings (SSSR count). The van der Waals surface area contributed by atoms with E-state index in [0.717, 1.165) is 42.1 Å². The average molecular weight is 335 g/mol. The van der Waals surface area contributed by atoms with Crippen LogP contribution in [0.1, 0.15) is 48.9 Å². The van der Waals surface area contributed by atoms with Crippen LogP contribution >= 0.6 is 0 Å². The van der Waals surface area contributed by atoms with Crippen LogP contribution in [0.4, 0.5) is 0 Å². The highest BCUT2D eigenvalue weighted by atomic mass is 16.5. The van der Waals surface area contributed by atoms with E-state index in [1.165, 1.54) is 31.2 Å². The van der Waals surface area contributed by atoms with Gasteiger partial charge in [-0.25, -0.2) is 0 Å². The van der Waals surface area contributed by atoms with E-state index in [0.29, 0.717) is 5.92 Å². The van der Waals surface area contributed by atoms with Crippen LogP contribution in [0, 0.1) is 31.6 Å². The summed E-state index contributed by atoms with van der Waals surface area (Å²) >= 11 is 0. The Labute approximate surface area is 149 Å². The molecule has 0 amide bonds. The van der Waals surface area contributed by atoms with Crippen LogP contribution in [0.15, 0.2) is 18.2 Å². The average Bonchev–Trinajstić information content (AvgIpc) is 3.37. The summed E-state index contributed by atoms with van der Waals surface area (Å²) in [4.78, 5) is 1.81. The van der Waals surface area contributed by atoms with E-state index in [-0.39, 0.29) is 6.10 Å². The third-order valence-corrected chi connectivity index (χ3v) is 4.94. The van der Waals surface area contributed by atoms with Gasteiger partial charge >= 0.3 is 0 Å². The zero-order valence-electron chi connectivity index (χ0n) is 15.1. The van der Waals surface area contributed by atoms with Crippen molar-refractivity contribution in [2.24, 2.45) is 5.92 Å². The molecule has 2 aliphatic rings. The van der Waals surface area contributed by atoms with E-state index in [1.54, 1.807) is 4.80 Å². The van der Waals surface area contributed by atoms with Crippen molar-refractivity contribution in [1.82, 2.24) is 15.0 Å². The van der Waals surface area contributed by atoms with Crippen LogP contribution in [0.5, 0.6) is 0 Å². The molecule has 1 saturated heterocycles. The number of nitrogens with zero attached hydrogens (tertiary/aromatic N) is 3. The van der Waals surface area contributed by atoms with Gasteiger partial charge in [-0.15, -0.1) is 0 Å². The summed E-state index contributed by atoms with van der Waals surface area (Å²) in [5.41, 5.74) is 5.37. The van der Waals surface area contributed by atoms with Gasteiger partial charge in [0.1, 0.15) is 5.69 Å². The molecule has 0 bridgehead atoms. The summed E-state index contributed by atoms with van der Waals surface area (Å²) in [5.74, 6) is 7.25. The maximum atomic E-state index is 5.81. The fraction of sp³-hybridized carbons (Fsp3) is 0.524. The lowest BCUT2D eigenvalue weighted by Crippen LogP contribution is -2.25. The van der Waals surface area contributed by atoms with E-state index in [2.05, 4.69) is 42.1 Å². The van der Waals surface area contributed by atoms with Gasteiger partial charge in [-0.3, -0.25) is 0 Å². The molecular formula is C21H25N3O. The van der Waals surface area contributed by atoms with E-state index in [1.807, 2.05) is 6.92 Å². The minimum absolute atomic E-state index is 0.245. The maximum absolute atomic E-state index is 5.81. The minimum Gasteiger partial charge on any atom is -0.376 e. The van der Waals surface area contributed by atoms with Crippen LogP contribution < -0.4 is 0 Å². The summed E-state index contributed by atoms with van der Waals surface area (Å²) in [6.07, 6.45) is 6.27. The largest absolute Gasteiger partial charge is 0.376 e. The Balaban J connectivity index is 1.53. The van der Waals surface area contributed by atoms with Gasteiger partial charge < -0.3 is 4.74 Å². The van der Waals surface area contributed by atoms with E-state index in [4.69, 9.17) is 9.84 Å². The molecule has 25 heavy (non-hydrogen) atoms. The van der Waals surface area contributed by atoms with E-state index in [9.17, 15) is 0 Å². The zero-order valence-corrected chi connectivity index (χ0v) is 15.1. The van der Waals surface area contributed by atoms with E-state index < -0.39 is 0 Å². The summed E-state index contributed by atoms with van der Waals surface area (Å²) in [6, 6.07) is 6.39. The Morgan fingerprint density at radius 2 is 2.04 bits per heavy atom. The quantitative estimate of drug-likeness (QED) is 0.799. The van der Waals surface area contributed by atoms with Gasteiger partial charge in [0.25, 0.3) is 0 Å². The number of aromatic nitrogens is 3. The zero-order chi connectivity index (χ0) is 17.2. The summed E-state index contributed by atoms with van der Waals surface area (Å²) in [7, 11) is 0. The number of ether oxygens (including phenoxy) is 1. The molecule has 2 fully saturated rings. The van der Waals surface area contributed by atoms with Crippen molar-refractivity contribution in [3.8, 4) is 23.1 Å². The molecule has 1 unspecified atom stereocenters. The van der Waals surface area contributed by atoms with Crippen LogP contribution in [0.25, 0.3) is 11.3 Å². The molecule has 4 nitrogen and oxygen atoms in total. The first kappa shape index (κ1) is 16.4. The molecule has 1 aliphatic carbocycles. The van der Waals surface area contributed by atoms with Crippen molar-refractivity contribution in [2.75, 3.05) is 6.61 Å². The van der Waals surface area contributed by atoms with Crippen molar-refractivity contribution in [2.45, 2.75) is 58.6 Å². The summed E-state index contributed by atoms with van der Waals surface area (Å²) in [5, 5.41) is 9.35. The summed E-state index contributed by atoms with van der Waals surface area (Å²) in [6.45, 7) is 5.76. The predicted octanol–water partition coefficient (Wildman–Crippen LogP) is 3.89. The molecule has 1 aromatic heterocycles. The van der Waals surface area contributed by atoms with Crippen LogP contribution in [0.2, 0.25) is 0 Å². The maximum Gasteiger partial charge on any atom is 0.116 e. The predicted molar refractivity (Wildman–Crippen MR) is 98.1 cm³/mol. The molecule has 0 N–H and O–H groups in total. The Kier molecular flexibility index (Phi) is 4.59. The van der Waals surface area contributed by atoms with Crippen LogP contribution in [0.3, 0.4) is 0 Å². The van der Waals surface area contributed by atoms with Crippen molar-refractivity contribution in [1.29, 1.82) is 0 Å². The molecule has 2 heterocycles. The second-order valence-electron chi connectivity index (χ2n) is 7.25. The number of hydrogen-bond acceptors (Lipinski definition) is 3. The monoisotopic (exact) mass is 335 g/mol. The normalized spacial score (nSPS) is 20.2. The number of rotatable bonds is 3. The van der Waals surface area contributed by atoms with E-state index >= 15 is 0 Å². The number of aryl methyl sites for hydroxylation is 2. The topological polar surface area (TPSA) is 39.9 Å². The highest BCUT2D eigenvalue weighted by Crippen LogP contribution is 2.28. The van der Waals surface area contributed by atoms with Crippen molar-refractivity contribution in [3.05, 3.63) is 35.0 Å². The summed E-state index contributed by atoms with van der Waals surface area (Å²) < 4.78 is 5.81. The lowest BCUT2D eigenvalue weighted by molar-refractivity contribution is 0.00158. The Bertz CT molecular complexity index is 817. The minimum atomic E-state index is 0.245. The third-order valence-electron chi connectivity index (χ3n) is 4.94. The Hall–Kier alpha value is -2.12. The molecule has 1 saturated carbocycles. The van der Waals surface area contributed by atoms with Gasteiger partial charge in [0, 0.05) is 23.7 Å². The van der Waals surface area contributed by atoms with Gasteiger partial charge in [0.05, 0.1) is 18.3 Å². The second kappa shape index (κ2) is 7.01. The van der Waals surface area contributed by atoms with Crippen molar-refractivity contribution >= 4 is 0 Å². The first-order valence-electron chi connectivity index (χ1n) is 9.35. The van der Waals surface area contributed by atoms with Gasteiger partial charge in [-0.2, -0.15) is 15.0 Å². The standard InChI is InChI=1S/C21H25N3O/c1-15-13-18(9-8-17-6-7-17)10-11-20(15)21-16(2)22-24(23-21)14-19-5-3-4-12-25-19/h10-11,13,17,19H,3-7,12,14H2,1-2H3. The number of benzene rings is 1. The van der Waals surface area contributed by atoms with Gasteiger partial charge in [-0.05, 0) is 63.6 Å². The van der Waals surface area contributed by atoms with Crippen molar-refractivity contribution < 1.29 is 4.74 Å². The third kappa shape index (κ3) is 3.93. The molecular weight excluding hydrogens is 310 g/mol. The molecule has 2 aromatic rings. The molecule has 0 radical (unpaired) electrons. The molecule has 1 aromatic carbocycles. The molecule has 1 aliphatic heterocycles. The van der Waals surface area contributed by atoms with Gasteiger partial charge in [0.15, 0.2) is 0 Å². The highest BCUT2D eigenvalue weighted by Gasteiger charge is 2.19. The lowest BCUT2D eigenvalue weighted by Gasteiger charge is -2.21. The second-order valence-corrected chi connectivity index (χ2v) is 7.25. The first-order valence-corrected chi connectivity index (χ1v) is 9.35. The lowest BCUT2D eigenvalue weighted by atomic mass is 10.0. The van der Waals surface area contributed by atoms with Gasteiger partial charge in [-0.1, -0.05) is 17.9 Å². The highest BCUT2D eigenvalue weighted by molar-refractivity contribution is 5.66. The Morgan fingerprint density at radius 1 is 1.16 bits per heavy atom. The van der Waals surface area contributed by atoms with Crippen LogP contribution in [-0.4, -0.2) is 27.7 Å². The molecule has 0 spiro atoms. The van der Waals surface area contributed by atoms with Crippen LogP contribution in [-0.2, 0) is 11.3 Å². The molecule has 130 valence electrons. The van der Waals surface area contributed by atoms with Crippen molar-refractivity contribution in [3.63, 3.8) is 0 Å².